The third-order valence-corrected chi connectivity index (χ3v) is 10.3. The van der Waals surface area contributed by atoms with Gasteiger partial charge in [-0.3, -0.25) is 19.3 Å². The van der Waals surface area contributed by atoms with Gasteiger partial charge in [-0.2, -0.15) is 26.3 Å². The second-order valence-electron chi connectivity index (χ2n) is 14.0. The molecule has 3 N–H and O–H groups in total. The van der Waals surface area contributed by atoms with Crippen LogP contribution in [0.25, 0.3) is 32.8 Å². The Morgan fingerprint density at radius 3 is 2.13 bits per heavy atom. The number of benzene rings is 3. The number of nitrogens with two attached hydrogens (primary N) is 1. The van der Waals surface area contributed by atoms with Gasteiger partial charge in [-0.15, -0.1) is 0 Å². The topological polar surface area (TPSA) is 118 Å². The Balaban J connectivity index is 0.000000269. The Kier molecular flexibility index (Phi) is 13.8. The van der Waals surface area contributed by atoms with Gasteiger partial charge in [0.15, 0.2) is 0 Å². The number of nitrogens with zero attached hydrogens (tertiary/aromatic N) is 3. The monoisotopic (exact) mass is 764 g/mol. The highest BCUT2D eigenvalue weighted by atomic mass is 19.4. The average Bonchev–Trinajstić information content (AvgIpc) is 3.11. The number of halogens is 6. The van der Waals surface area contributed by atoms with Gasteiger partial charge in [0.05, 0.1) is 29.9 Å². The van der Waals surface area contributed by atoms with Crippen molar-refractivity contribution in [3.63, 3.8) is 0 Å². The van der Waals surface area contributed by atoms with E-state index in [1.165, 1.54) is 29.8 Å². The number of rotatable bonds is 7. The zero-order valence-corrected chi connectivity index (χ0v) is 30.7. The summed E-state index contributed by atoms with van der Waals surface area (Å²) in [6.07, 6.45) is -0.602. The zero-order valence-electron chi connectivity index (χ0n) is 30.7. The third kappa shape index (κ3) is 9.91. The van der Waals surface area contributed by atoms with Crippen LogP contribution >= 0.6 is 0 Å². The number of anilines is 1. The lowest BCUT2D eigenvalue weighted by Crippen LogP contribution is -2.48. The van der Waals surface area contributed by atoms with Crippen LogP contribution in [0.4, 0.5) is 32.0 Å². The van der Waals surface area contributed by atoms with Crippen LogP contribution in [0.15, 0.2) is 59.4 Å². The molecule has 1 amide bonds. The molecule has 0 radical (unpaired) electrons. The number of aromatic nitrogens is 1. The number of carboxylic acids is 1. The van der Waals surface area contributed by atoms with Gasteiger partial charge in [0, 0.05) is 63.2 Å². The molecule has 6 rings (SSSR count). The Morgan fingerprint density at radius 2 is 1.57 bits per heavy atom. The van der Waals surface area contributed by atoms with Crippen molar-refractivity contribution in [1.82, 2.24) is 9.47 Å². The molecule has 294 valence electrons. The van der Waals surface area contributed by atoms with Crippen molar-refractivity contribution in [2.75, 3.05) is 45.3 Å². The van der Waals surface area contributed by atoms with Gasteiger partial charge in [0.1, 0.15) is 0 Å². The first kappa shape index (κ1) is 42.1. The van der Waals surface area contributed by atoms with E-state index in [9.17, 15) is 40.7 Å². The van der Waals surface area contributed by atoms with Crippen molar-refractivity contribution in [1.29, 1.82) is 0 Å². The summed E-state index contributed by atoms with van der Waals surface area (Å²) in [5.41, 5.74) is 4.68. The number of hydrogen-bond acceptors (Lipinski definition) is 6. The van der Waals surface area contributed by atoms with Gasteiger partial charge in [0.25, 0.3) is 5.56 Å². The third-order valence-electron chi connectivity index (χ3n) is 10.3. The first-order valence-corrected chi connectivity index (χ1v) is 17.5. The fourth-order valence-electron chi connectivity index (χ4n) is 7.20. The highest BCUT2D eigenvalue weighted by Crippen LogP contribution is 2.43. The number of carboxylic acid groups (broad SMARTS) is 1. The van der Waals surface area contributed by atoms with Crippen molar-refractivity contribution >= 4 is 39.2 Å². The van der Waals surface area contributed by atoms with Gasteiger partial charge in [0.2, 0.25) is 5.91 Å². The summed E-state index contributed by atoms with van der Waals surface area (Å²) in [7, 11) is 4.94. The van der Waals surface area contributed by atoms with Gasteiger partial charge < -0.3 is 25.0 Å². The van der Waals surface area contributed by atoms with Crippen molar-refractivity contribution < 1.29 is 45.8 Å². The molecule has 1 aliphatic heterocycles. The molecule has 15 heteroatoms. The molecule has 0 unspecified atom stereocenters. The molecule has 0 spiro atoms. The fraction of sp³-hybridized carbons (Fsp3) is 0.462. The molecule has 1 aromatic heterocycles. The van der Waals surface area contributed by atoms with Gasteiger partial charge in [-0.1, -0.05) is 43.3 Å². The van der Waals surface area contributed by atoms with Gasteiger partial charge in [-0.25, -0.2) is 0 Å². The largest absolute Gasteiger partial charge is 0.481 e. The first-order chi connectivity index (χ1) is 25.4. The summed E-state index contributed by atoms with van der Waals surface area (Å²) in [6.45, 7) is 2.12. The summed E-state index contributed by atoms with van der Waals surface area (Å²) >= 11 is 0. The molecule has 0 atom stereocenters. The fourth-order valence-corrected chi connectivity index (χ4v) is 7.20. The zero-order chi connectivity index (χ0) is 40.0. The molecule has 1 saturated heterocycles. The number of morpholine rings is 1. The lowest BCUT2D eigenvalue weighted by atomic mass is 9.73. The van der Waals surface area contributed by atoms with Crippen molar-refractivity contribution in [3.8, 4) is 11.1 Å². The predicted octanol–water partition coefficient (Wildman–Crippen LogP) is 7.39. The molecule has 4 aromatic rings. The number of aryl methyl sites for hydroxylation is 2. The Bertz CT molecular complexity index is 2000. The van der Waals surface area contributed by atoms with Crippen LogP contribution in [0, 0.1) is 5.41 Å². The minimum absolute atomic E-state index is 0.0603. The van der Waals surface area contributed by atoms with Gasteiger partial charge in [-0.05, 0) is 72.2 Å². The SMILES string of the molecule is CC1(C(N)=O)CCC(N2CCOCC2)CC1.CN(C)c1ccc2c(c1)c(C(F)(F)F)c(-c1cccc3c(CCC(=O)O)cccc13)c(=O)n2C.FC(F)F. The lowest BCUT2D eigenvalue weighted by molar-refractivity contribution is -0.137. The second-order valence-corrected chi connectivity index (χ2v) is 14.0. The van der Waals surface area contributed by atoms with E-state index in [1.54, 1.807) is 55.4 Å². The van der Waals surface area contributed by atoms with E-state index in [0.717, 1.165) is 52.0 Å². The number of pyridine rings is 1. The van der Waals surface area contributed by atoms with E-state index in [4.69, 9.17) is 15.6 Å². The van der Waals surface area contributed by atoms with Crippen LogP contribution in [-0.4, -0.2) is 79.6 Å². The number of fused-ring (bicyclic) bond motifs is 2. The molecule has 54 heavy (non-hydrogen) atoms. The highest BCUT2D eigenvalue weighted by molar-refractivity contribution is 6.02. The molecular formula is C39H46F6N4O5. The minimum Gasteiger partial charge on any atom is -0.481 e. The van der Waals surface area contributed by atoms with Crippen LogP contribution in [0.1, 0.15) is 50.2 Å². The number of amides is 1. The van der Waals surface area contributed by atoms with Crippen LogP contribution in [0.3, 0.4) is 0 Å². The quantitative estimate of drug-likeness (QED) is 0.189. The maximum atomic E-state index is 14.6. The molecule has 2 heterocycles. The second kappa shape index (κ2) is 17.7. The molecule has 1 saturated carbocycles. The van der Waals surface area contributed by atoms with Crippen molar-refractivity contribution in [3.05, 3.63) is 76.1 Å². The van der Waals surface area contributed by atoms with E-state index < -0.39 is 35.5 Å². The normalized spacial score (nSPS) is 19.1. The summed E-state index contributed by atoms with van der Waals surface area (Å²) in [5.74, 6) is -1.10. The summed E-state index contributed by atoms with van der Waals surface area (Å²) < 4.78 is 79.3. The van der Waals surface area contributed by atoms with Crippen LogP contribution < -0.4 is 16.2 Å². The Hall–Kier alpha value is -4.63. The number of primary amides is 1. The summed E-state index contributed by atoms with van der Waals surface area (Å²) in [4.78, 5) is 40.0. The number of ether oxygens (including phenoxy) is 1. The highest BCUT2D eigenvalue weighted by Gasteiger charge is 2.39. The number of carbonyl (C=O) groups is 2. The Labute approximate surface area is 309 Å². The van der Waals surface area contributed by atoms with E-state index >= 15 is 0 Å². The smallest absolute Gasteiger partial charge is 0.417 e. The van der Waals surface area contributed by atoms with E-state index in [-0.39, 0.29) is 40.6 Å². The first-order valence-electron chi connectivity index (χ1n) is 17.5. The maximum absolute atomic E-state index is 14.6. The molecule has 3 aromatic carbocycles. The maximum Gasteiger partial charge on any atom is 0.417 e. The van der Waals surface area contributed by atoms with E-state index in [0.29, 0.717) is 28.1 Å². The number of alkyl halides is 6. The molecule has 0 bridgehead atoms. The van der Waals surface area contributed by atoms with Crippen LogP contribution in [0.5, 0.6) is 0 Å². The van der Waals surface area contributed by atoms with Crippen LogP contribution in [-0.2, 0) is 34.0 Å². The lowest BCUT2D eigenvalue weighted by Gasteiger charge is -2.41. The van der Waals surface area contributed by atoms with Crippen LogP contribution in [0.2, 0.25) is 0 Å². The van der Waals surface area contributed by atoms with E-state index in [1.807, 2.05) is 6.92 Å². The molecule has 9 nitrogen and oxygen atoms in total. The summed E-state index contributed by atoms with van der Waals surface area (Å²) in [5, 5.41) is 10.1. The number of carbonyl (C=O) groups excluding carboxylic acids is 1. The number of aliphatic carboxylic acids is 1. The predicted molar refractivity (Wildman–Crippen MR) is 196 cm³/mol. The Morgan fingerprint density at radius 1 is 0.981 bits per heavy atom. The van der Waals surface area contributed by atoms with Gasteiger partial charge >= 0.3 is 18.8 Å². The standard InChI is InChI=1S/C26H23F3N2O3.C12H22N2O2.CHF3/c1-30(2)16-11-12-21-20(14-16)24(26(27,28)29)23(25(34)31(21)3)19-9-5-7-17-15(10-13-22(32)33)6-4-8-18(17)19;1-12(11(13)15)4-2-10(3-5-12)14-6-8-16-9-7-14;2-1(3)4/h4-9,11-12,14H,10,13H2,1-3H3,(H,32,33);10H,2-9H2,1H3,(H2,13,15);1H. The molecule has 2 fully saturated rings. The van der Waals surface area contributed by atoms with Crippen molar-refractivity contribution in [2.24, 2.45) is 18.2 Å². The minimum atomic E-state index is -4.78. The molecule has 2 aliphatic rings. The van der Waals surface area contributed by atoms with E-state index in [2.05, 4.69) is 4.90 Å². The molecular weight excluding hydrogens is 718 g/mol. The summed E-state index contributed by atoms with van der Waals surface area (Å²) in [6, 6.07) is 15.2. The molecule has 1 aliphatic carbocycles. The van der Waals surface area contributed by atoms with Crippen molar-refractivity contribution in [2.45, 2.75) is 64.3 Å². The number of hydrogen-bond donors (Lipinski definition) is 2. The average molecular weight is 765 g/mol.